The monoisotopic (exact) mass is 149 g/mol. The van der Waals surface area contributed by atoms with Crippen molar-refractivity contribution in [2.45, 2.75) is 26.7 Å². The molecule has 1 rings (SSSR count). The van der Waals surface area contributed by atoms with Crippen molar-refractivity contribution in [2.75, 3.05) is 5.73 Å². The molecule has 0 fully saturated rings. The van der Waals surface area contributed by atoms with Gasteiger partial charge in [0, 0.05) is 5.69 Å². The Labute approximate surface area is 68.2 Å². The highest BCUT2D eigenvalue weighted by Gasteiger charge is 1.98. The molecule has 0 aliphatic rings. The summed E-state index contributed by atoms with van der Waals surface area (Å²) in [6, 6.07) is 6.22. The summed E-state index contributed by atoms with van der Waals surface area (Å²) in [5.41, 5.74) is 9.31. The number of para-hydroxylation sites is 1. The van der Waals surface area contributed by atoms with Gasteiger partial charge in [-0.25, -0.2) is 0 Å². The highest BCUT2D eigenvalue weighted by atomic mass is 14.6. The van der Waals surface area contributed by atoms with E-state index in [1.807, 2.05) is 0 Å². The molecule has 1 aromatic carbocycles. The zero-order chi connectivity index (χ0) is 8.27. The van der Waals surface area contributed by atoms with Crippen LogP contribution in [0.25, 0.3) is 0 Å². The van der Waals surface area contributed by atoms with Gasteiger partial charge in [-0.2, -0.15) is 0 Å². The Morgan fingerprint density at radius 3 is 2.73 bits per heavy atom. The number of rotatable bonds is 2. The van der Waals surface area contributed by atoms with E-state index < -0.39 is 0 Å². The van der Waals surface area contributed by atoms with Crippen molar-refractivity contribution in [1.82, 2.24) is 0 Å². The normalized spacial score (nSPS) is 10.0. The number of benzene rings is 1. The summed E-state index contributed by atoms with van der Waals surface area (Å²) in [4.78, 5) is 0. The third-order valence-corrected chi connectivity index (χ3v) is 1.93. The molecule has 0 aromatic heterocycles. The Morgan fingerprint density at radius 2 is 2.09 bits per heavy atom. The molecule has 11 heavy (non-hydrogen) atoms. The van der Waals surface area contributed by atoms with Crippen LogP contribution in [-0.4, -0.2) is 0 Å². The fraction of sp³-hybridized carbons (Fsp3) is 0.400. The fourth-order valence-corrected chi connectivity index (χ4v) is 1.23. The Morgan fingerprint density at radius 1 is 1.36 bits per heavy atom. The van der Waals surface area contributed by atoms with Crippen molar-refractivity contribution in [2.24, 2.45) is 0 Å². The van der Waals surface area contributed by atoms with E-state index in [1.54, 1.807) is 0 Å². The Bertz CT molecular complexity index is 241. The van der Waals surface area contributed by atoms with Crippen LogP contribution in [0.5, 0.6) is 0 Å². The van der Waals surface area contributed by atoms with E-state index in [2.05, 4.69) is 32.0 Å². The van der Waals surface area contributed by atoms with E-state index in [9.17, 15) is 0 Å². The van der Waals surface area contributed by atoms with Crippen molar-refractivity contribution >= 4 is 5.69 Å². The average molecular weight is 149 g/mol. The van der Waals surface area contributed by atoms with Crippen LogP contribution in [0.2, 0.25) is 0 Å². The zero-order valence-electron chi connectivity index (χ0n) is 7.22. The van der Waals surface area contributed by atoms with Crippen molar-refractivity contribution in [3.8, 4) is 0 Å². The van der Waals surface area contributed by atoms with Crippen LogP contribution in [0.4, 0.5) is 5.69 Å². The SMILES string of the molecule is CCCc1cccc(C)c1N. The lowest BCUT2D eigenvalue weighted by molar-refractivity contribution is 0.923. The first-order valence-corrected chi connectivity index (χ1v) is 4.09. The smallest absolute Gasteiger partial charge is 0.0376 e. The molecule has 1 nitrogen and oxygen atoms in total. The minimum Gasteiger partial charge on any atom is -0.398 e. The molecule has 1 aromatic rings. The van der Waals surface area contributed by atoms with Crippen molar-refractivity contribution < 1.29 is 0 Å². The van der Waals surface area contributed by atoms with Crippen LogP contribution in [-0.2, 0) is 6.42 Å². The topological polar surface area (TPSA) is 26.0 Å². The van der Waals surface area contributed by atoms with Gasteiger partial charge < -0.3 is 5.73 Å². The lowest BCUT2D eigenvalue weighted by Gasteiger charge is -2.05. The molecule has 0 atom stereocenters. The first kappa shape index (κ1) is 8.12. The maximum absolute atomic E-state index is 5.87. The van der Waals surface area contributed by atoms with Gasteiger partial charge in [0.05, 0.1) is 0 Å². The largest absolute Gasteiger partial charge is 0.398 e. The lowest BCUT2D eigenvalue weighted by atomic mass is 10.0. The Balaban J connectivity index is 2.96. The molecular formula is C10H15N. The van der Waals surface area contributed by atoms with Gasteiger partial charge >= 0.3 is 0 Å². The number of hydrogen-bond acceptors (Lipinski definition) is 1. The summed E-state index contributed by atoms with van der Waals surface area (Å²) in [6.45, 7) is 4.22. The number of nitrogens with two attached hydrogens (primary N) is 1. The summed E-state index contributed by atoms with van der Waals surface area (Å²) in [5.74, 6) is 0. The van der Waals surface area contributed by atoms with Gasteiger partial charge in [-0.1, -0.05) is 31.5 Å². The number of nitrogen functional groups attached to an aromatic ring is 1. The number of hydrogen-bond donors (Lipinski definition) is 1. The van der Waals surface area contributed by atoms with Gasteiger partial charge in [-0.3, -0.25) is 0 Å². The predicted octanol–water partition coefficient (Wildman–Crippen LogP) is 2.53. The minimum atomic E-state index is 0.967. The van der Waals surface area contributed by atoms with E-state index in [-0.39, 0.29) is 0 Å². The third-order valence-electron chi connectivity index (χ3n) is 1.93. The second-order valence-corrected chi connectivity index (χ2v) is 2.90. The van der Waals surface area contributed by atoms with Crippen LogP contribution in [0, 0.1) is 6.92 Å². The maximum Gasteiger partial charge on any atom is 0.0376 e. The molecule has 0 amide bonds. The zero-order valence-corrected chi connectivity index (χ0v) is 7.22. The number of aryl methyl sites for hydroxylation is 2. The third kappa shape index (κ3) is 1.73. The summed E-state index contributed by atoms with van der Waals surface area (Å²) >= 11 is 0. The van der Waals surface area contributed by atoms with Gasteiger partial charge in [0.25, 0.3) is 0 Å². The quantitative estimate of drug-likeness (QED) is 0.642. The summed E-state index contributed by atoms with van der Waals surface area (Å²) in [5, 5.41) is 0. The van der Waals surface area contributed by atoms with Gasteiger partial charge in [-0.15, -0.1) is 0 Å². The summed E-state index contributed by atoms with van der Waals surface area (Å²) in [7, 11) is 0. The van der Waals surface area contributed by atoms with E-state index >= 15 is 0 Å². The molecule has 2 N–H and O–H groups in total. The predicted molar refractivity (Wildman–Crippen MR) is 49.6 cm³/mol. The van der Waals surface area contributed by atoms with Crippen LogP contribution >= 0.6 is 0 Å². The Hall–Kier alpha value is -0.980. The highest BCUT2D eigenvalue weighted by Crippen LogP contribution is 2.17. The summed E-state index contributed by atoms with van der Waals surface area (Å²) < 4.78 is 0. The second-order valence-electron chi connectivity index (χ2n) is 2.90. The van der Waals surface area contributed by atoms with Crippen molar-refractivity contribution in [3.63, 3.8) is 0 Å². The van der Waals surface area contributed by atoms with Crippen LogP contribution in [0.15, 0.2) is 18.2 Å². The standard InChI is InChI=1S/C10H15N/c1-3-5-9-7-4-6-8(2)10(9)11/h4,6-7H,3,5,11H2,1-2H3. The lowest BCUT2D eigenvalue weighted by Crippen LogP contribution is -1.96. The molecule has 0 saturated carbocycles. The van der Waals surface area contributed by atoms with Gasteiger partial charge in [0.2, 0.25) is 0 Å². The molecule has 0 aliphatic carbocycles. The van der Waals surface area contributed by atoms with Gasteiger partial charge in [0.1, 0.15) is 0 Å². The highest BCUT2D eigenvalue weighted by molar-refractivity contribution is 5.53. The second kappa shape index (κ2) is 3.42. The Kier molecular flexibility index (Phi) is 2.53. The molecule has 1 heteroatoms. The molecular weight excluding hydrogens is 134 g/mol. The molecule has 0 aliphatic heterocycles. The summed E-state index contributed by atoms with van der Waals surface area (Å²) in [6.07, 6.45) is 2.25. The molecule has 0 bridgehead atoms. The first-order chi connectivity index (χ1) is 5.25. The maximum atomic E-state index is 5.87. The van der Waals surface area contributed by atoms with E-state index in [4.69, 9.17) is 5.73 Å². The molecule has 0 unspecified atom stereocenters. The average Bonchev–Trinajstić information content (AvgIpc) is 1.99. The molecule has 0 radical (unpaired) electrons. The van der Waals surface area contributed by atoms with Crippen molar-refractivity contribution in [3.05, 3.63) is 29.3 Å². The van der Waals surface area contributed by atoms with Crippen LogP contribution in [0.1, 0.15) is 24.5 Å². The minimum absolute atomic E-state index is 0.967. The molecule has 0 heterocycles. The van der Waals surface area contributed by atoms with E-state index in [0.29, 0.717) is 0 Å². The van der Waals surface area contributed by atoms with E-state index in [1.165, 1.54) is 11.1 Å². The van der Waals surface area contributed by atoms with Crippen LogP contribution in [0.3, 0.4) is 0 Å². The molecule has 0 saturated heterocycles. The molecule has 60 valence electrons. The number of anilines is 1. The fourth-order valence-electron chi connectivity index (χ4n) is 1.23. The molecule has 0 spiro atoms. The van der Waals surface area contributed by atoms with Crippen molar-refractivity contribution in [1.29, 1.82) is 0 Å². The first-order valence-electron chi connectivity index (χ1n) is 4.09. The van der Waals surface area contributed by atoms with E-state index in [0.717, 1.165) is 18.5 Å². The van der Waals surface area contributed by atoms with Gasteiger partial charge in [-0.05, 0) is 24.5 Å². The van der Waals surface area contributed by atoms with Gasteiger partial charge in [0.15, 0.2) is 0 Å². The van der Waals surface area contributed by atoms with Crippen LogP contribution < -0.4 is 5.73 Å².